The third-order valence-corrected chi connectivity index (χ3v) is 5.15. The number of aryl methyl sites for hydroxylation is 1. The molecule has 2 heterocycles. The lowest BCUT2D eigenvalue weighted by Crippen LogP contribution is -2.29. The van der Waals surface area contributed by atoms with E-state index in [0.717, 1.165) is 24.9 Å². The van der Waals surface area contributed by atoms with Crippen LogP contribution >= 0.6 is 0 Å². The summed E-state index contributed by atoms with van der Waals surface area (Å²) < 4.78 is 1.37. The number of nitrogens with zero attached hydrogens (tertiary/aromatic N) is 3. The SMILES string of the molecule is CCCCn1nc(C(=O)NCc2ccc(CN3CCCCC3)cc2)ccc1=O. The number of hydrogen-bond acceptors (Lipinski definition) is 4. The summed E-state index contributed by atoms with van der Waals surface area (Å²) >= 11 is 0. The quantitative estimate of drug-likeness (QED) is 0.762. The Labute approximate surface area is 166 Å². The molecule has 0 spiro atoms. The second kappa shape index (κ2) is 10.2. The number of rotatable bonds is 8. The summed E-state index contributed by atoms with van der Waals surface area (Å²) in [5.74, 6) is -0.261. The fraction of sp³-hybridized carbons (Fsp3) is 0.500. The lowest BCUT2D eigenvalue weighted by atomic mass is 10.1. The van der Waals surface area contributed by atoms with Crippen LogP contribution in [0.5, 0.6) is 0 Å². The van der Waals surface area contributed by atoms with Crippen LogP contribution in [0.3, 0.4) is 0 Å². The van der Waals surface area contributed by atoms with Crippen LogP contribution in [0.4, 0.5) is 0 Å². The Morgan fingerprint density at radius 2 is 1.75 bits per heavy atom. The molecule has 0 unspecified atom stereocenters. The van der Waals surface area contributed by atoms with Crippen molar-refractivity contribution in [1.29, 1.82) is 0 Å². The van der Waals surface area contributed by atoms with Gasteiger partial charge < -0.3 is 5.32 Å². The van der Waals surface area contributed by atoms with Gasteiger partial charge in [0.25, 0.3) is 11.5 Å². The van der Waals surface area contributed by atoms with Crippen LogP contribution in [0.2, 0.25) is 0 Å². The molecule has 28 heavy (non-hydrogen) atoms. The third-order valence-electron chi connectivity index (χ3n) is 5.15. The molecule has 1 saturated heterocycles. The van der Waals surface area contributed by atoms with Crippen LogP contribution in [-0.4, -0.2) is 33.7 Å². The number of benzene rings is 1. The van der Waals surface area contributed by atoms with Crippen molar-refractivity contribution in [3.63, 3.8) is 0 Å². The number of unbranched alkanes of at least 4 members (excludes halogenated alkanes) is 1. The fourth-order valence-electron chi connectivity index (χ4n) is 3.45. The molecule has 1 aromatic carbocycles. The smallest absolute Gasteiger partial charge is 0.271 e. The van der Waals surface area contributed by atoms with Crippen molar-refractivity contribution in [1.82, 2.24) is 20.0 Å². The molecule has 0 radical (unpaired) electrons. The summed E-state index contributed by atoms with van der Waals surface area (Å²) in [6.45, 7) is 6.40. The lowest BCUT2D eigenvalue weighted by Gasteiger charge is -2.26. The molecule has 1 aromatic heterocycles. The first kappa shape index (κ1) is 20.3. The van der Waals surface area contributed by atoms with E-state index in [1.165, 1.54) is 54.7 Å². The molecule has 1 N–H and O–H groups in total. The van der Waals surface area contributed by atoms with Gasteiger partial charge in [-0.15, -0.1) is 0 Å². The van der Waals surface area contributed by atoms with Crippen LogP contribution in [0.15, 0.2) is 41.2 Å². The zero-order valence-corrected chi connectivity index (χ0v) is 16.7. The van der Waals surface area contributed by atoms with Crippen LogP contribution in [0.1, 0.15) is 60.6 Å². The van der Waals surface area contributed by atoms with Gasteiger partial charge in [0.15, 0.2) is 0 Å². The first-order chi connectivity index (χ1) is 13.7. The second-order valence-electron chi connectivity index (χ2n) is 7.47. The Bertz CT molecular complexity index is 823. The number of likely N-dealkylation sites (tertiary alicyclic amines) is 1. The maximum Gasteiger partial charge on any atom is 0.271 e. The van der Waals surface area contributed by atoms with Gasteiger partial charge in [-0.3, -0.25) is 14.5 Å². The number of aromatic nitrogens is 2. The largest absolute Gasteiger partial charge is 0.347 e. The molecule has 2 aromatic rings. The summed E-state index contributed by atoms with van der Waals surface area (Å²) in [7, 11) is 0. The first-order valence-corrected chi connectivity index (χ1v) is 10.3. The van der Waals surface area contributed by atoms with Crippen molar-refractivity contribution in [2.75, 3.05) is 13.1 Å². The molecule has 1 amide bonds. The van der Waals surface area contributed by atoms with Crippen molar-refractivity contribution in [3.05, 3.63) is 63.6 Å². The van der Waals surface area contributed by atoms with E-state index in [4.69, 9.17) is 0 Å². The zero-order valence-electron chi connectivity index (χ0n) is 16.7. The summed E-state index contributed by atoms with van der Waals surface area (Å²) in [5.41, 5.74) is 2.46. The predicted octanol–water partition coefficient (Wildman–Crippen LogP) is 2.96. The van der Waals surface area contributed by atoms with E-state index in [9.17, 15) is 9.59 Å². The molecule has 0 saturated carbocycles. The Hall–Kier alpha value is -2.47. The highest BCUT2D eigenvalue weighted by molar-refractivity contribution is 5.91. The molecule has 0 aliphatic carbocycles. The van der Waals surface area contributed by atoms with Crippen LogP contribution in [-0.2, 0) is 19.6 Å². The van der Waals surface area contributed by atoms with E-state index < -0.39 is 0 Å². The molecular formula is C22H30N4O2. The molecule has 1 fully saturated rings. The summed E-state index contributed by atoms with van der Waals surface area (Å²) in [4.78, 5) is 26.7. The van der Waals surface area contributed by atoms with Gasteiger partial charge in [0, 0.05) is 25.7 Å². The zero-order chi connectivity index (χ0) is 19.8. The van der Waals surface area contributed by atoms with Crippen LogP contribution in [0, 0.1) is 0 Å². The molecule has 6 heteroatoms. The van der Waals surface area contributed by atoms with Crippen molar-refractivity contribution < 1.29 is 4.79 Å². The van der Waals surface area contributed by atoms with E-state index in [2.05, 4.69) is 46.5 Å². The minimum Gasteiger partial charge on any atom is -0.347 e. The van der Waals surface area contributed by atoms with Gasteiger partial charge in [-0.25, -0.2) is 4.68 Å². The topological polar surface area (TPSA) is 67.2 Å². The Morgan fingerprint density at radius 1 is 1.04 bits per heavy atom. The predicted molar refractivity (Wildman–Crippen MR) is 110 cm³/mol. The molecule has 1 aliphatic heterocycles. The Balaban J connectivity index is 1.53. The summed E-state index contributed by atoms with van der Waals surface area (Å²) in [5, 5.41) is 7.08. The number of piperidine rings is 1. The molecule has 150 valence electrons. The van der Waals surface area contributed by atoms with Gasteiger partial charge in [0.1, 0.15) is 5.69 Å². The Kier molecular flexibility index (Phi) is 7.37. The van der Waals surface area contributed by atoms with Crippen LogP contribution < -0.4 is 10.9 Å². The van der Waals surface area contributed by atoms with Crippen molar-refractivity contribution >= 4 is 5.91 Å². The number of amides is 1. The van der Waals surface area contributed by atoms with Crippen LogP contribution in [0.25, 0.3) is 0 Å². The second-order valence-corrected chi connectivity index (χ2v) is 7.47. The Morgan fingerprint density at radius 3 is 2.46 bits per heavy atom. The highest BCUT2D eigenvalue weighted by Gasteiger charge is 2.11. The normalized spacial score (nSPS) is 14.8. The third kappa shape index (κ3) is 5.76. The van der Waals surface area contributed by atoms with Crippen molar-refractivity contribution in [2.45, 2.75) is 58.7 Å². The van der Waals surface area contributed by atoms with E-state index >= 15 is 0 Å². The minimum atomic E-state index is -0.261. The summed E-state index contributed by atoms with van der Waals surface area (Å²) in [6.07, 6.45) is 5.77. The molecule has 1 aliphatic rings. The molecule has 3 rings (SSSR count). The van der Waals surface area contributed by atoms with Crippen molar-refractivity contribution in [3.8, 4) is 0 Å². The molecular weight excluding hydrogens is 352 g/mol. The lowest BCUT2D eigenvalue weighted by molar-refractivity contribution is 0.0943. The minimum absolute atomic E-state index is 0.172. The van der Waals surface area contributed by atoms with E-state index in [-0.39, 0.29) is 17.2 Å². The number of hydrogen-bond donors (Lipinski definition) is 1. The number of carbonyl (C=O) groups is 1. The summed E-state index contributed by atoms with van der Waals surface area (Å²) in [6, 6.07) is 11.3. The fourth-order valence-corrected chi connectivity index (χ4v) is 3.45. The monoisotopic (exact) mass is 382 g/mol. The highest BCUT2D eigenvalue weighted by atomic mass is 16.2. The number of nitrogens with one attached hydrogen (secondary N) is 1. The van der Waals surface area contributed by atoms with Gasteiger partial charge in [0.05, 0.1) is 0 Å². The maximum atomic E-state index is 12.4. The van der Waals surface area contributed by atoms with Crippen molar-refractivity contribution in [2.24, 2.45) is 0 Å². The molecule has 0 atom stereocenters. The average Bonchev–Trinajstić information content (AvgIpc) is 2.73. The van der Waals surface area contributed by atoms with Gasteiger partial charge in [0.2, 0.25) is 0 Å². The van der Waals surface area contributed by atoms with Gasteiger partial charge >= 0.3 is 0 Å². The van der Waals surface area contributed by atoms with E-state index in [1.807, 2.05) is 0 Å². The standard InChI is InChI=1S/C22H30N4O2/c1-2-3-15-26-21(27)12-11-20(24-26)22(28)23-16-18-7-9-19(10-8-18)17-25-13-5-4-6-14-25/h7-12H,2-6,13-17H2,1H3,(H,23,28). The van der Waals surface area contributed by atoms with E-state index in [0.29, 0.717) is 13.1 Å². The first-order valence-electron chi connectivity index (χ1n) is 10.3. The van der Waals surface area contributed by atoms with Gasteiger partial charge in [-0.05, 0) is 49.5 Å². The highest BCUT2D eigenvalue weighted by Crippen LogP contribution is 2.13. The molecule has 0 bridgehead atoms. The van der Waals surface area contributed by atoms with Gasteiger partial charge in [-0.1, -0.05) is 44.0 Å². The van der Waals surface area contributed by atoms with E-state index in [1.54, 1.807) is 0 Å². The molecule has 6 nitrogen and oxygen atoms in total. The average molecular weight is 383 g/mol. The maximum absolute atomic E-state index is 12.4. The number of carbonyl (C=O) groups excluding carboxylic acids is 1. The van der Waals surface area contributed by atoms with Gasteiger partial charge in [-0.2, -0.15) is 5.10 Å².